The number of aromatic carboxylic acids is 1. The summed E-state index contributed by atoms with van der Waals surface area (Å²) >= 11 is 1.74. The number of aromatic nitrogens is 1. The summed E-state index contributed by atoms with van der Waals surface area (Å²) in [4.78, 5) is 14.5. The van der Waals surface area contributed by atoms with E-state index in [1.54, 1.807) is 11.8 Å². The Bertz CT molecular complexity index is 571. The van der Waals surface area contributed by atoms with Gasteiger partial charge in [0, 0.05) is 30.3 Å². The van der Waals surface area contributed by atoms with E-state index in [1.165, 1.54) is 16.4 Å². The lowest BCUT2D eigenvalue weighted by molar-refractivity contribution is 0.0696. The lowest BCUT2D eigenvalue weighted by Gasteiger charge is -2.29. The minimum atomic E-state index is -3.62. The minimum absolute atomic E-state index is 0.0264. The molecule has 2 rings (SSSR count). The van der Waals surface area contributed by atoms with E-state index in [1.807, 2.05) is 6.92 Å². The van der Waals surface area contributed by atoms with Gasteiger partial charge in [0.2, 0.25) is 0 Å². The molecular formula is C11H14N2O4S2. The van der Waals surface area contributed by atoms with Gasteiger partial charge in [0.15, 0.2) is 5.03 Å². The van der Waals surface area contributed by atoms with Crippen LogP contribution in [0, 0.1) is 0 Å². The molecule has 104 valence electrons. The summed E-state index contributed by atoms with van der Waals surface area (Å²) in [5, 5.41) is 8.91. The molecular weight excluding hydrogens is 288 g/mol. The number of carboxylic acid groups (broad SMARTS) is 1. The fourth-order valence-corrected chi connectivity index (χ4v) is 4.46. The molecule has 0 spiro atoms. The maximum absolute atomic E-state index is 12.3. The number of sulfonamides is 1. The summed E-state index contributed by atoms with van der Waals surface area (Å²) < 4.78 is 26.0. The van der Waals surface area contributed by atoms with E-state index in [2.05, 4.69) is 4.98 Å². The summed E-state index contributed by atoms with van der Waals surface area (Å²) in [5.41, 5.74) is -0.0264. The summed E-state index contributed by atoms with van der Waals surface area (Å²) in [5.74, 6) is -0.368. The molecule has 19 heavy (non-hydrogen) atoms. The van der Waals surface area contributed by atoms with Gasteiger partial charge in [-0.1, -0.05) is 6.92 Å². The molecule has 1 fully saturated rings. The molecule has 1 aromatic heterocycles. The normalized spacial score (nSPS) is 21.2. The van der Waals surface area contributed by atoms with Gasteiger partial charge in [-0.25, -0.2) is 18.2 Å². The van der Waals surface area contributed by atoms with Crippen molar-refractivity contribution in [2.75, 3.05) is 18.8 Å². The maximum atomic E-state index is 12.3. The number of hydrogen-bond donors (Lipinski definition) is 1. The zero-order valence-corrected chi connectivity index (χ0v) is 11.9. The van der Waals surface area contributed by atoms with Crippen molar-refractivity contribution in [3.63, 3.8) is 0 Å². The first-order valence-electron chi connectivity index (χ1n) is 5.72. The lowest BCUT2D eigenvalue weighted by atomic mass is 10.3. The highest BCUT2D eigenvalue weighted by molar-refractivity contribution is 8.00. The molecule has 1 unspecified atom stereocenters. The van der Waals surface area contributed by atoms with Crippen LogP contribution < -0.4 is 0 Å². The van der Waals surface area contributed by atoms with Gasteiger partial charge in [-0.05, 0) is 12.1 Å². The van der Waals surface area contributed by atoms with E-state index in [0.717, 1.165) is 11.9 Å². The Morgan fingerprint density at radius 2 is 2.26 bits per heavy atom. The van der Waals surface area contributed by atoms with Gasteiger partial charge in [-0.2, -0.15) is 16.1 Å². The highest BCUT2D eigenvalue weighted by atomic mass is 32.2. The van der Waals surface area contributed by atoms with Crippen molar-refractivity contribution in [1.29, 1.82) is 0 Å². The summed E-state index contributed by atoms with van der Waals surface area (Å²) in [6.45, 7) is 2.89. The number of carbonyl (C=O) groups is 1. The largest absolute Gasteiger partial charge is 0.478 e. The third kappa shape index (κ3) is 3.07. The third-order valence-electron chi connectivity index (χ3n) is 2.79. The summed E-state index contributed by atoms with van der Waals surface area (Å²) in [6.07, 6.45) is 1.07. The molecule has 2 heterocycles. The Morgan fingerprint density at radius 3 is 2.79 bits per heavy atom. The molecule has 1 atom stereocenters. The van der Waals surface area contributed by atoms with Gasteiger partial charge < -0.3 is 5.11 Å². The quantitative estimate of drug-likeness (QED) is 0.893. The molecule has 1 aliphatic rings. The van der Waals surface area contributed by atoms with Crippen LogP contribution in [0.2, 0.25) is 0 Å². The molecule has 0 amide bonds. The molecule has 1 saturated heterocycles. The number of thioether (sulfide) groups is 1. The average molecular weight is 302 g/mol. The van der Waals surface area contributed by atoms with Gasteiger partial charge in [0.25, 0.3) is 10.0 Å². The Morgan fingerprint density at radius 1 is 1.53 bits per heavy atom. The van der Waals surface area contributed by atoms with Crippen molar-refractivity contribution in [2.45, 2.75) is 17.2 Å². The fourth-order valence-electron chi connectivity index (χ4n) is 1.80. The predicted molar refractivity (Wildman–Crippen MR) is 71.9 cm³/mol. The zero-order chi connectivity index (χ0) is 14.0. The maximum Gasteiger partial charge on any atom is 0.337 e. The van der Waals surface area contributed by atoms with Gasteiger partial charge >= 0.3 is 5.97 Å². The smallest absolute Gasteiger partial charge is 0.337 e. The van der Waals surface area contributed by atoms with Crippen LogP contribution in [0.3, 0.4) is 0 Å². The molecule has 1 N–H and O–H groups in total. The molecule has 6 nitrogen and oxygen atoms in total. The van der Waals surface area contributed by atoms with E-state index < -0.39 is 16.0 Å². The third-order valence-corrected chi connectivity index (χ3v) is 5.71. The SMILES string of the molecule is CC1CN(S(=O)(=O)c2ccc(C(=O)O)cn2)CCS1. The van der Waals surface area contributed by atoms with Crippen LogP contribution in [0.1, 0.15) is 17.3 Å². The van der Waals surface area contributed by atoms with Crippen molar-refractivity contribution < 1.29 is 18.3 Å². The van der Waals surface area contributed by atoms with Crippen LogP contribution in [0.5, 0.6) is 0 Å². The van der Waals surface area contributed by atoms with E-state index in [0.29, 0.717) is 13.1 Å². The van der Waals surface area contributed by atoms with Crippen LogP contribution in [0.4, 0.5) is 0 Å². The second-order valence-corrected chi connectivity index (χ2v) is 7.67. The van der Waals surface area contributed by atoms with Crippen molar-refractivity contribution in [3.8, 4) is 0 Å². The second-order valence-electron chi connectivity index (χ2n) is 4.23. The molecule has 0 aliphatic carbocycles. The van der Waals surface area contributed by atoms with E-state index in [9.17, 15) is 13.2 Å². The van der Waals surface area contributed by atoms with E-state index in [-0.39, 0.29) is 15.8 Å². The van der Waals surface area contributed by atoms with Gasteiger partial charge in [-0.15, -0.1) is 0 Å². The standard InChI is InChI=1S/C11H14N2O4S2/c1-8-7-13(4-5-18-8)19(16,17)10-3-2-9(6-12-10)11(14)15/h2-3,6,8H,4-5,7H2,1H3,(H,14,15). The van der Waals surface area contributed by atoms with Crippen molar-refractivity contribution in [3.05, 3.63) is 23.9 Å². The van der Waals surface area contributed by atoms with Gasteiger partial charge in [0.1, 0.15) is 0 Å². The predicted octanol–water partition coefficient (Wildman–Crippen LogP) is 0.906. The van der Waals surface area contributed by atoms with Crippen molar-refractivity contribution in [2.24, 2.45) is 0 Å². The number of pyridine rings is 1. The number of rotatable bonds is 3. The topological polar surface area (TPSA) is 87.6 Å². The Kier molecular flexibility index (Phi) is 4.12. The minimum Gasteiger partial charge on any atom is -0.478 e. The van der Waals surface area contributed by atoms with Gasteiger partial charge in [0.05, 0.1) is 5.56 Å². The van der Waals surface area contributed by atoms with Crippen molar-refractivity contribution in [1.82, 2.24) is 9.29 Å². The van der Waals surface area contributed by atoms with E-state index in [4.69, 9.17) is 5.11 Å². The van der Waals surface area contributed by atoms with Crippen LogP contribution >= 0.6 is 11.8 Å². The monoisotopic (exact) mass is 302 g/mol. The molecule has 0 aromatic carbocycles. The van der Waals surface area contributed by atoms with Crippen molar-refractivity contribution >= 4 is 27.8 Å². The number of nitrogens with zero attached hydrogens (tertiary/aromatic N) is 2. The van der Waals surface area contributed by atoms with Gasteiger partial charge in [-0.3, -0.25) is 0 Å². The highest BCUT2D eigenvalue weighted by Crippen LogP contribution is 2.23. The van der Waals surface area contributed by atoms with Crippen LogP contribution in [0.25, 0.3) is 0 Å². The number of carboxylic acids is 1. The highest BCUT2D eigenvalue weighted by Gasteiger charge is 2.29. The average Bonchev–Trinajstić information content (AvgIpc) is 2.39. The molecule has 1 aromatic rings. The van der Waals surface area contributed by atoms with Crippen LogP contribution in [0.15, 0.2) is 23.4 Å². The zero-order valence-electron chi connectivity index (χ0n) is 10.3. The molecule has 0 radical (unpaired) electrons. The molecule has 1 aliphatic heterocycles. The van der Waals surface area contributed by atoms with E-state index >= 15 is 0 Å². The summed E-state index contributed by atoms with van der Waals surface area (Å²) in [6, 6.07) is 2.50. The first kappa shape index (κ1) is 14.3. The van der Waals surface area contributed by atoms with Crippen LogP contribution in [-0.2, 0) is 10.0 Å². The second kappa shape index (κ2) is 5.48. The summed E-state index contributed by atoms with van der Waals surface area (Å²) in [7, 11) is -3.62. The first-order chi connectivity index (χ1) is 8.91. The van der Waals surface area contributed by atoms with Crippen LogP contribution in [-0.4, -0.2) is 52.9 Å². The fraction of sp³-hybridized carbons (Fsp3) is 0.455. The number of hydrogen-bond acceptors (Lipinski definition) is 5. The Hall–Kier alpha value is -1.12. The Labute approximate surface area is 115 Å². The molecule has 8 heteroatoms. The molecule has 0 saturated carbocycles. The Balaban J connectivity index is 2.26. The molecule has 0 bridgehead atoms. The lowest BCUT2D eigenvalue weighted by Crippen LogP contribution is -2.41. The first-order valence-corrected chi connectivity index (χ1v) is 8.21.